The predicted octanol–water partition coefficient (Wildman–Crippen LogP) is 0.232. The topological polar surface area (TPSA) is 66.4 Å². The van der Waals surface area contributed by atoms with E-state index in [1.807, 2.05) is 0 Å². The van der Waals surface area contributed by atoms with Gasteiger partial charge in [0.05, 0.1) is 0 Å². The average molecular weight is 159 g/mol. The minimum atomic E-state index is -1.01. The Morgan fingerprint density at radius 1 is 1.27 bits per heavy atom. The van der Waals surface area contributed by atoms with Gasteiger partial charge in [-0.15, -0.1) is 0 Å². The Kier molecular flexibility index (Phi) is 3.57. The van der Waals surface area contributed by atoms with Crippen LogP contribution >= 0.6 is 0 Å². The van der Waals surface area contributed by atoms with Crippen molar-refractivity contribution in [3.63, 3.8) is 0 Å². The second-order valence-electron chi connectivity index (χ2n) is 2.72. The van der Waals surface area contributed by atoms with Crippen molar-refractivity contribution in [1.82, 2.24) is 5.32 Å². The summed E-state index contributed by atoms with van der Waals surface area (Å²) in [6.07, 6.45) is 0. The van der Waals surface area contributed by atoms with E-state index in [1.54, 1.807) is 13.8 Å². The van der Waals surface area contributed by atoms with Gasteiger partial charge in [-0.25, -0.2) is 0 Å². The van der Waals surface area contributed by atoms with Crippen LogP contribution in [0.1, 0.15) is 20.8 Å². The van der Waals surface area contributed by atoms with E-state index in [4.69, 9.17) is 5.11 Å². The molecule has 4 heteroatoms. The molecule has 0 aliphatic carbocycles. The average Bonchev–Trinajstić information content (AvgIpc) is 1.87. The smallest absolute Gasteiger partial charge is 0.325 e. The second-order valence-corrected chi connectivity index (χ2v) is 2.72. The van der Waals surface area contributed by atoms with Gasteiger partial charge < -0.3 is 10.4 Å². The summed E-state index contributed by atoms with van der Waals surface area (Å²) in [5.41, 5.74) is 0. The molecule has 0 aliphatic heterocycles. The monoisotopic (exact) mass is 159 g/mol. The molecule has 11 heavy (non-hydrogen) atoms. The van der Waals surface area contributed by atoms with Gasteiger partial charge in [0.25, 0.3) is 0 Å². The first-order valence-electron chi connectivity index (χ1n) is 3.48. The van der Waals surface area contributed by atoms with Crippen molar-refractivity contribution in [3.8, 4) is 0 Å². The van der Waals surface area contributed by atoms with Gasteiger partial charge in [0.15, 0.2) is 0 Å². The number of carboxylic acids is 1. The Labute approximate surface area is 65.6 Å². The molecule has 0 spiro atoms. The highest BCUT2D eigenvalue weighted by Gasteiger charge is 2.15. The van der Waals surface area contributed by atoms with Crippen LogP contribution in [-0.2, 0) is 9.59 Å². The van der Waals surface area contributed by atoms with Crippen LogP contribution in [0.4, 0.5) is 0 Å². The largest absolute Gasteiger partial charge is 0.480 e. The predicted molar refractivity (Wildman–Crippen MR) is 40.1 cm³/mol. The molecular weight excluding hydrogens is 146 g/mol. The highest BCUT2D eigenvalue weighted by Crippen LogP contribution is 1.92. The van der Waals surface area contributed by atoms with Gasteiger partial charge in [-0.2, -0.15) is 0 Å². The summed E-state index contributed by atoms with van der Waals surface area (Å²) in [5, 5.41) is 10.7. The van der Waals surface area contributed by atoms with E-state index in [-0.39, 0.29) is 11.8 Å². The number of amides is 1. The lowest BCUT2D eigenvalue weighted by molar-refractivity contribution is -0.141. The fourth-order valence-corrected chi connectivity index (χ4v) is 0.442. The Morgan fingerprint density at radius 2 is 1.73 bits per heavy atom. The number of nitrogens with one attached hydrogen (secondary N) is 1. The third-order valence-corrected chi connectivity index (χ3v) is 1.25. The summed E-state index contributed by atoms with van der Waals surface area (Å²) in [6.45, 7) is 4.86. The van der Waals surface area contributed by atoms with Gasteiger partial charge in [0, 0.05) is 5.92 Å². The SMILES string of the molecule is CC(C)C(=O)N[C@H](C)C(=O)O. The van der Waals surface area contributed by atoms with Crippen LogP contribution < -0.4 is 5.32 Å². The zero-order valence-corrected chi connectivity index (χ0v) is 6.92. The summed E-state index contributed by atoms with van der Waals surface area (Å²) >= 11 is 0. The molecule has 0 saturated heterocycles. The van der Waals surface area contributed by atoms with Crippen molar-refractivity contribution >= 4 is 11.9 Å². The molecule has 1 atom stereocenters. The molecule has 0 saturated carbocycles. The van der Waals surface area contributed by atoms with Gasteiger partial charge >= 0.3 is 5.97 Å². The molecule has 0 aromatic heterocycles. The summed E-state index contributed by atoms with van der Waals surface area (Å²) in [7, 11) is 0. The third-order valence-electron chi connectivity index (χ3n) is 1.25. The van der Waals surface area contributed by atoms with E-state index in [9.17, 15) is 9.59 Å². The summed E-state index contributed by atoms with van der Waals surface area (Å²) < 4.78 is 0. The van der Waals surface area contributed by atoms with Crippen molar-refractivity contribution in [1.29, 1.82) is 0 Å². The van der Waals surface area contributed by atoms with Crippen LogP contribution in [0.3, 0.4) is 0 Å². The maximum Gasteiger partial charge on any atom is 0.325 e. The fraction of sp³-hybridized carbons (Fsp3) is 0.714. The number of hydrogen-bond acceptors (Lipinski definition) is 2. The summed E-state index contributed by atoms with van der Waals surface area (Å²) in [4.78, 5) is 21.1. The lowest BCUT2D eigenvalue weighted by Crippen LogP contribution is -2.40. The van der Waals surface area contributed by atoms with Crippen LogP contribution in [-0.4, -0.2) is 23.0 Å². The first-order chi connectivity index (χ1) is 4.95. The maximum atomic E-state index is 10.9. The van der Waals surface area contributed by atoms with Crippen LogP contribution in [0, 0.1) is 5.92 Å². The minimum Gasteiger partial charge on any atom is -0.480 e. The Hall–Kier alpha value is -1.06. The molecule has 0 unspecified atom stereocenters. The Bertz CT molecular complexity index is 165. The van der Waals surface area contributed by atoms with Crippen molar-refractivity contribution in [2.24, 2.45) is 5.92 Å². The lowest BCUT2D eigenvalue weighted by atomic mass is 10.2. The normalized spacial score (nSPS) is 12.7. The number of carbonyl (C=O) groups is 2. The highest BCUT2D eigenvalue weighted by molar-refractivity contribution is 5.84. The molecule has 0 bridgehead atoms. The third kappa shape index (κ3) is 3.60. The van der Waals surface area contributed by atoms with Crippen molar-refractivity contribution in [2.75, 3.05) is 0 Å². The Balaban J connectivity index is 3.85. The van der Waals surface area contributed by atoms with Crippen molar-refractivity contribution in [3.05, 3.63) is 0 Å². The van der Waals surface area contributed by atoms with Gasteiger partial charge in [-0.3, -0.25) is 9.59 Å². The van der Waals surface area contributed by atoms with Crippen LogP contribution in [0.15, 0.2) is 0 Å². The number of aliphatic carboxylic acids is 1. The number of carbonyl (C=O) groups excluding carboxylic acids is 1. The maximum absolute atomic E-state index is 10.9. The number of carboxylic acid groups (broad SMARTS) is 1. The minimum absolute atomic E-state index is 0.170. The van der Waals surface area contributed by atoms with Crippen LogP contribution in [0.5, 0.6) is 0 Å². The van der Waals surface area contributed by atoms with Gasteiger partial charge in [-0.1, -0.05) is 13.8 Å². The summed E-state index contributed by atoms with van der Waals surface area (Å²) in [6, 6.07) is -0.801. The molecule has 1 amide bonds. The first-order valence-corrected chi connectivity index (χ1v) is 3.48. The standard InChI is InChI=1S/C7H13NO3/c1-4(2)6(9)8-5(3)7(10)11/h4-5H,1-3H3,(H,8,9)(H,10,11)/t5-/m1/s1. The van der Waals surface area contributed by atoms with E-state index in [1.165, 1.54) is 6.92 Å². The Morgan fingerprint density at radius 3 is 2.00 bits per heavy atom. The molecule has 0 aromatic carbocycles. The molecule has 0 radical (unpaired) electrons. The lowest BCUT2D eigenvalue weighted by Gasteiger charge is -2.10. The molecule has 4 nitrogen and oxygen atoms in total. The first kappa shape index (κ1) is 9.94. The fourth-order valence-electron chi connectivity index (χ4n) is 0.442. The van der Waals surface area contributed by atoms with Crippen LogP contribution in [0.25, 0.3) is 0 Å². The van der Waals surface area contributed by atoms with E-state index < -0.39 is 12.0 Å². The molecule has 0 fully saturated rings. The molecule has 0 aliphatic rings. The van der Waals surface area contributed by atoms with Gasteiger partial charge in [0.2, 0.25) is 5.91 Å². The van der Waals surface area contributed by atoms with Crippen molar-refractivity contribution < 1.29 is 14.7 Å². The number of hydrogen-bond donors (Lipinski definition) is 2. The molecule has 0 heterocycles. The molecule has 0 aromatic rings. The number of rotatable bonds is 3. The molecule has 64 valence electrons. The van der Waals surface area contributed by atoms with Gasteiger partial charge in [-0.05, 0) is 6.92 Å². The van der Waals surface area contributed by atoms with E-state index in [0.717, 1.165) is 0 Å². The second kappa shape index (κ2) is 3.95. The zero-order valence-electron chi connectivity index (χ0n) is 6.92. The van der Waals surface area contributed by atoms with Gasteiger partial charge in [0.1, 0.15) is 6.04 Å². The van der Waals surface area contributed by atoms with E-state index in [2.05, 4.69) is 5.32 Å². The molecule has 2 N–H and O–H groups in total. The van der Waals surface area contributed by atoms with Crippen molar-refractivity contribution in [2.45, 2.75) is 26.8 Å². The molecule has 0 rings (SSSR count). The highest BCUT2D eigenvalue weighted by atomic mass is 16.4. The van der Waals surface area contributed by atoms with E-state index in [0.29, 0.717) is 0 Å². The zero-order chi connectivity index (χ0) is 9.02. The molecular formula is C7H13NO3. The summed E-state index contributed by atoms with van der Waals surface area (Å²) in [5.74, 6) is -1.42. The van der Waals surface area contributed by atoms with E-state index >= 15 is 0 Å². The van der Waals surface area contributed by atoms with Crippen LogP contribution in [0.2, 0.25) is 0 Å². The quantitative estimate of drug-likeness (QED) is 0.619.